The summed E-state index contributed by atoms with van der Waals surface area (Å²) in [5.74, 6) is 0.929. The lowest BCUT2D eigenvalue weighted by atomic mass is 9.93. The Morgan fingerprint density at radius 1 is 1.07 bits per heavy atom. The highest BCUT2D eigenvalue weighted by Crippen LogP contribution is 2.28. The molecule has 3 heterocycles. The monoisotopic (exact) mass is 380 g/mol. The Bertz CT molecular complexity index is 948. The second kappa shape index (κ2) is 8.03. The lowest BCUT2D eigenvalue weighted by Crippen LogP contribution is -2.33. The van der Waals surface area contributed by atoms with E-state index in [4.69, 9.17) is 16.6 Å². The molecule has 0 aliphatic carbocycles. The first-order valence-electron chi connectivity index (χ1n) is 9.16. The molecule has 2 aromatic heterocycles. The molecule has 1 N–H and O–H groups in total. The minimum Gasteiger partial charge on any atom is -0.307 e. The highest BCUT2D eigenvalue weighted by Gasteiger charge is 2.22. The molecule has 0 radical (unpaired) electrons. The number of rotatable bonds is 4. The molecule has 138 valence electrons. The van der Waals surface area contributed by atoms with Crippen LogP contribution in [0.2, 0.25) is 5.02 Å². The molecule has 0 atom stereocenters. The standard InChI is InChI=1S/C21H21ClN4O/c22-18-3-1-15(2-4-18)14-26-11-7-16(8-12-26)19-13-20(27)25-21(24-19)17-5-9-23-10-6-17/h1-6,9-10,13,16H,7-8,11-12,14H2,(H,24,25,27). The molecule has 4 rings (SSSR count). The molecule has 3 aromatic rings. The van der Waals surface area contributed by atoms with E-state index < -0.39 is 0 Å². The van der Waals surface area contributed by atoms with Crippen molar-refractivity contribution in [2.75, 3.05) is 13.1 Å². The quantitative estimate of drug-likeness (QED) is 0.746. The molecule has 1 aromatic carbocycles. The zero-order valence-corrected chi connectivity index (χ0v) is 15.7. The van der Waals surface area contributed by atoms with Crippen molar-refractivity contribution in [3.05, 3.63) is 81.5 Å². The van der Waals surface area contributed by atoms with Gasteiger partial charge in [-0.3, -0.25) is 14.7 Å². The van der Waals surface area contributed by atoms with Crippen molar-refractivity contribution in [1.29, 1.82) is 0 Å². The molecule has 1 fully saturated rings. The molecular weight excluding hydrogens is 360 g/mol. The summed E-state index contributed by atoms with van der Waals surface area (Å²) < 4.78 is 0. The first-order chi connectivity index (χ1) is 13.2. The number of benzene rings is 1. The Morgan fingerprint density at radius 3 is 2.48 bits per heavy atom. The van der Waals surface area contributed by atoms with E-state index in [1.807, 2.05) is 24.3 Å². The summed E-state index contributed by atoms with van der Waals surface area (Å²) in [7, 11) is 0. The van der Waals surface area contributed by atoms with Gasteiger partial charge in [-0.05, 0) is 55.8 Å². The van der Waals surface area contributed by atoms with Crippen LogP contribution >= 0.6 is 11.6 Å². The molecule has 1 aliphatic heterocycles. The van der Waals surface area contributed by atoms with Crippen LogP contribution in [0.15, 0.2) is 59.7 Å². The summed E-state index contributed by atoms with van der Waals surface area (Å²) in [6.07, 6.45) is 5.41. The summed E-state index contributed by atoms with van der Waals surface area (Å²) in [6, 6.07) is 13.4. The second-order valence-corrected chi connectivity index (χ2v) is 7.37. The molecule has 1 aliphatic rings. The number of nitrogens with one attached hydrogen (secondary N) is 1. The van der Waals surface area contributed by atoms with Gasteiger partial charge in [0.05, 0.1) is 5.69 Å². The van der Waals surface area contributed by atoms with E-state index in [1.54, 1.807) is 18.5 Å². The molecular formula is C21H21ClN4O. The number of hydrogen-bond donors (Lipinski definition) is 1. The van der Waals surface area contributed by atoms with Crippen LogP contribution in [-0.4, -0.2) is 32.9 Å². The second-order valence-electron chi connectivity index (χ2n) is 6.93. The van der Waals surface area contributed by atoms with Gasteiger partial charge in [0.1, 0.15) is 5.82 Å². The molecule has 1 saturated heterocycles. The number of aromatic nitrogens is 3. The van der Waals surface area contributed by atoms with E-state index >= 15 is 0 Å². The van der Waals surface area contributed by atoms with Gasteiger partial charge in [-0.25, -0.2) is 4.98 Å². The molecule has 0 saturated carbocycles. The zero-order valence-electron chi connectivity index (χ0n) is 14.9. The average Bonchev–Trinajstić information content (AvgIpc) is 2.70. The SMILES string of the molecule is O=c1cc(C2CCN(Cc3ccc(Cl)cc3)CC2)nc(-c2ccncc2)[nH]1. The van der Waals surface area contributed by atoms with E-state index in [2.05, 4.69) is 27.0 Å². The lowest BCUT2D eigenvalue weighted by Gasteiger charge is -2.31. The van der Waals surface area contributed by atoms with Crippen LogP contribution in [0.25, 0.3) is 11.4 Å². The Labute approximate surface area is 163 Å². The maximum atomic E-state index is 12.1. The van der Waals surface area contributed by atoms with Crippen LogP contribution in [-0.2, 0) is 6.54 Å². The summed E-state index contributed by atoms with van der Waals surface area (Å²) in [5, 5.41) is 0.767. The normalized spacial score (nSPS) is 15.7. The number of likely N-dealkylation sites (tertiary alicyclic amines) is 1. The fourth-order valence-corrected chi connectivity index (χ4v) is 3.69. The number of aromatic amines is 1. The van der Waals surface area contributed by atoms with Gasteiger partial charge in [0, 0.05) is 41.5 Å². The fraction of sp³-hybridized carbons (Fsp3) is 0.286. The number of hydrogen-bond acceptors (Lipinski definition) is 4. The van der Waals surface area contributed by atoms with Crippen LogP contribution in [0.4, 0.5) is 0 Å². The van der Waals surface area contributed by atoms with E-state index in [0.717, 1.165) is 48.8 Å². The Hall–Kier alpha value is -2.50. The van der Waals surface area contributed by atoms with E-state index in [-0.39, 0.29) is 5.56 Å². The Balaban J connectivity index is 1.44. The largest absolute Gasteiger partial charge is 0.307 e. The maximum Gasteiger partial charge on any atom is 0.251 e. The van der Waals surface area contributed by atoms with Crippen molar-refractivity contribution in [2.45, 2.75) is 25.3 Å². The van der Waals surface area contributed by atoms with Gasteiger partial charge >= 0.3 is 0 Å². The topological polar surface area (TPSA) is 61.9 Å². The van der Waals surface area contributed by atoms with Gasteiger partial charge in [-0.15, -0.1) is 0 Å². The highest BCUT2D eigenvalue weighted by molar-refractivity contribution is 6.30. The Morgan fingerprint density at radius 2 is 1.78 bits per heavy atom. The summed E-state index contributed by atoms with van der Waals surface area (Å²) in [5.41, 5.74) is 2.93. The van der Waals surface area contributed by atoms with E-state index in [0.29, 0.717) is 11.7 Å². The molecule has 5 nitrogen and oxygen atoms in total. The minimum atomic E-state index is -0.101. The van der Waals surface area contributed by atoms with Gasteiger partial charge < -0.3 is 4.98 Å². The fourth-order valence-electron chi connectivity index (χ4n) is 3.57. The van der Waals surface area contributed by atoms with E-state index in [1.165, 1.54) is 5.56 Å². The van der Waals surface area contributed by atoms with Crippen LogP contribution in [0.1, 0.15) is 30.0 Å². The molecule has 0 amide bonds. The smallest absolute Gasteiger partial charge is 0.251 e. The molecule has 27 heavy (non-hydrogen) atoms. The first-order valence-corrected chi connectivity index (χ1v) is 9.53. The molecule has 0 spiro atoms. The van der Waals surface area contributed by atoms with Gasteiger partial charge in [-0.2, -0.15) is 0 Å². The third kappa shape index (κ3) is 4.43. The summed E-state index contributed by atoms with van der Waals surface area (Å²) in [6.45, 7) is 2.91. The van der Waals surface area contributed by atoms with Crippen molar-refractivity contribution in [1.82, 2.24) is 19.9 Å². The molecule has 0 unspecified atom stereocenters. The molecule has 0 bridgehead atoms. The third-order valence-corrected chi connectivity index (χ3v) is 5.29. The summed E-state index contributed by atoms with van der Waals surface area (Å²) >= 11 is 5.96. The Kier molecular flexibility index (Phi) is 5.32. The number of H-pyrrole nitrogens is 1. The zero-order chi connectivity index (χ0) is 18.6. The van der Waals surface area contributed by atoms with Crippen molar-refractivity contribution in [2.24, 2.45) is 0 Å². The van der Waals surface area contributed by atoms with Crippen LogP contribution in [0, 0.1) is 0 Å². The van der Waals surface area contributed by atoms with E-state index in [9.17, 15) is 4.79 Å². The predicted molar refractivity (Wildman–Crippen MR) is 107 cm³/mol. The number of piperidine rings is 1. The van der Waals surface area contributed by atoms with Gasteiger partial charge in [0.25, 0.3) is 5.56 Å². The van der Waals surface area contributed by atoms with Crippen molar-refractivity contribution in [3.8, 4) is 11.4 Å². The number of nitrogens with zero attached hydrogens (tertiary/aromatic N) is 3. The average molecular weight is 381 g/mol. The van der Waals surface area contributed by atoms with Crippen molar-refractivity contribution >= 4 is 11.6 Å². The summed E-state index contributed by atoms with van der Waals surface area (Å²) in [4.78, 5) is 26.2. The first kappa shape index (κ1) is 17.9. The minimum absolute atomic E-state index is 0.101. The predicted octanol–water partition coefficient (Wildman–Crippen LogP) is 3.86. The van der Waals surface area contributed by atoms with Crippen LogP contribution < -0.4 is 5.56 Å². The van der Waals surface area contributed by atoms with Gasteiger partial charge in [0.15, 0.2) is 0 Å². The highest BCUT2D eigenvalue weighted by atomic mass is 35.5. The van der Waals surface area contributed by atoms with Crippen molar-refractivity contribution < 1.29 is 0 Å². The van der Waals surface area contributed by atoms with Crippen LogP contribution in [0.5, 0.6) is 0 Å². The molecule has 6 heteroatoms. The number of halogens is 1. The van der Waals surface area contributed by atoms with Gasteiger partial charge in [-0.1, -0.05) is 23.7 Å². The number of pyridine rings is 1. The van der Waals surface area contributed by atoms with Gasteiger partial charge in [0.2, 0.25) is 0 Å². The third-order valence-electron chi connectivity index (χ3n) is 5.04. The van der Waals surface area contributed by atoms with Crippen molar-refractivity contribution in [3.63, 3.8) is 0 Å². The lowest BCUT2D eigenvalue weighted by molar-refractivity contribution is 0.203. The van der Waals surface area contributed by atoms with Crippen LogP contribution in [0.3, 0.4) is 0 Å². The maximum absolute atomic E-state index is 12.1.